The van der Waals surface area contributed by atoms with E-state index in [4.69, 9.17) is 4.74 Å². The summed E-state index contributed by atoms with van der Waals surface area (Å²) in [5, 5.41) is 7.82. The molecule has 3 aromatic rings. The highest BCUT2D eigenvalue weighted by Gasteiger charge is 2.33. The van der Waals surface area contributed by atoms with Crippen molar-refractivity contribution in [2.75, 3.05) is 51.3 Å². The van der Waals surface area contributed by atoms with Gasteiger partial charge in [-0.05, 0) is 31.0 Å². The van der Waals surface area contributed by atoms with Gasteiger partial charge in [-0.2, -0.15) is 10.1 Å². The summed E-state index contributed by atoms with van der Waals surface area (Å²) in [6.45, 7) is 3.69. The van der Waals surface area contributed by atoms with Crippen LogP contribution in [-0.2, 0) is 4.79 Å². The Bertz CT molecular complexity index is 1160. The normalized spacial score (nSPS) is 19.1. The second kappa shape index (κ2) is 9.05. The number of amides is 2. The van der Waals surface area contributed by atoms with E-state index in [0.29, 0.717) is 56.7 Å². The van der Waals surface area contributed by atoms with Gasteiger partial charge >= 0.3 is 0 Å². The number of H-pyrrole nitrogens is 1. The van der Waals surface area contributed by atoms with E-state index in [1.54, 1.807) is 25.6 Å². The van der Waals surface area contributed by atoms with Gasteiger partial charge in [0.15, 0.2) is 0 Å². The third kappa shape index (κ3) is 4.33. The van der Waals surface area contributed by atoms with Crippen LogP contribution in [0.2, 0.25) is 0 Å². The minimum atomic E-state index is -0.167. The summed E-state index contributed by atoms with van der Waals surface area (Å²) in [5.74, 6) is 1.07. The van der Waals surface area contributed by atoms with Gasteiger partial charge in [0.25, 0.3) is 5.91 Å². The summed E-state index contributed by atoms with van der Waals surface area (Å²) >= 11 is 0. The first-order chi connectivity index (χ1) is 16.1. The predicted molar refractivity (Wildman–Crippen MR) is 122 cm³/mol. The summed E-state index contributed by atoms with van der Waals surface area (Å²) in [4.78, 5) is 40.8. The highest BCUT2D eigenvalue weighted by atomic mass is 16.5. The number of likely N-dealkylation sites (tertiary alicyclic amines) is 1. The molecule has 0 aliphatic carbocycles. The van der Waals surface area contributed by atoms with Crippen molar-refractivity contribution < 1.29 is 14.3 Å². The Balaban J connectivity index is 1.20. The molecule has 0 bridgehead atoms. The van der Waals surface area contributed by atoms with E-state index in [0.717, 1.165) is 23.7 Å². The standard InChI is InChI=1S/C23H27N7O3/c1-33-20-6-7-24-23(26-20)29-11-9-28(10-12-29)22(32)17-3-2-8-30(15-17)21(31)16-4-5-19-18(13-16)14-25-27-19/h4-7,13-14,17H,2-3,8-12,15H2,1H3,(H,25,27). The van der Waals surface area contributed by atoms with Crippen LogP contribution in [0.3, 0.4) is 0 Å². The fourth-order valence-corrected chi connectivity index (χ4v) is 4.60. The second-order valence-corrected chi connectivity index (χ2v) is 8.47. The molecule has 1 N–H and O–H groups in total. The van der Waals surface area contributed by atoms with E-state index in [1.165, 1.54) is 0 Å². The van der Waals surface area contributed by atoms with Crippen LogP contribution >= 0.6 is 0 Å². The summed E-state index contributed by atoms with van der Waals surface area (Å²) < 4.78 is 5.18. The zero-order valence-corrected chi connectivity index (χ0v) is 18.6. The number of hydrogen-bond donors (Lipinski definition) is 1. The van der Waals surface area contributed by atoms with Crippen LogP contribution in [0.4, 0.5) is 5.95 Å². The lowest BCUT2D eigenvalue weighted by Gasteiger charge is -2.39. The first-order valence-electron chi connectivity index (χ1n) is 11.3. The number of anilines is 1. The summed E-state index contributed by atoms with van der Waals surface area (Å²) in [5.41, 5.74) is 1.53. The van der Waals surface area contributed by atoms with E-state index in [-0.39, 0.29) is 17.7 Å². The van der Waals surface area contributed by atoms with Gasteiger partial charge in [0.2, 0.25) is 17.7 Å². The molecule has 2 saturated heterocycles. The van der Waals surface area contributed by atoms with Crippen LogP contribution in [-0.4, -0.2) is 88.2 Å². The van der Waals surface area contributed by atoms with Crippen LogP contribution < -0.4 is 9.64 Å². The van der Waals surface area contributed by atoms with Gasteiger partial charge in [-0.1, -0.05) is 0 Å². The Morgan fingerprint density at radius 3 is 2.76 bits per heavy atom. The molecule has 1 aromatic carbocycles. The van der Waals surface area contributed by atoms with Crippen LogP contribution in [0.15, 0.2) is 36.7 Å². The van der Waals surface area contributed by atoms with E-state index >= 15 is 0 Å². The highest BCUT2D eigenvalue weighted by molar-refractivity contribution is 5.98. The molecular formula is C23H27N7O3. The van der Waals surface area contributed by atoms with E-state index in [9.17, 15) is 9.59 Å². The van der Waals surface area contributed by atoms with E-state index in [2.05, 4.69) is 25.1 Å². The van der Waals surface area contributed by atoms with Gasteiger partial charge in [-0.25, -0.2) is 4.98 Å². The van der Waals surface area contributed by atoms with E-state index in [1.807, 2.05) is 28.0 Å². The van der Waals surface area contributed by atoms with Crippen molar-refractivity contribution in [2.24, 2.45) is 5.92 Å². The van der Waals surface area contributed by atoms with Crippen molar-refractivity contribution in [3.05, 3.63) is 42.2 Å². The Morgan fingerprint density at radius 1 is 1.09 bits per heavy atom. The molecule has 2 aliphatic heterocycles. The van der Waals surface area contributed by atoms with Gasteiger partial charge in [0.1, 0.15) is 0 Å². The van der Waals surface area contributed by atoms with Crippen molar-refractivity contribution in [3.63, 3.8) is 0 Å². The molecule has 1 atom stereocenters. The van der Waals surface area contributed by atoms with Gasteiger partial charge < -0.3 is 19.4 Å². The second-order valence-electron chi connectivity index (χ2n) is 8.47. The number of rotatable bonds is 4. The van der Waals surface area contributed by atoms with E-state index < -0.39 is 0 Å². The molecule has 5 rings (SSSR count). The lowest BCUT2D eigenvalue weighted by molar-refractivity contribution is -0.137. The van der Waals surface area contributed by atoms with Crippen molar-refractivity contribution >= 4 is 28.7 Å². The number of fused-ring (bicyclic) bond motifs is 1. The van der Waals surface area contributed by atoms with Crippen molar-refractivity contribution in [2.45, 2.75) is 12.8 Å². The minimum Gasteiger partial charge on any atom is -0.481 e. The van der Waals surface area contributed by atoms with Gasteiger partial charge in [0.05, 0.1) is 24.7 Å². The average Bonchev–Trinajstić information content (AvgIpc) is 3.36. The van der Waals surface area contributed by atoms with Gasteiger partial charge in [-0.15, -0.1) is 0 Å². The number of aromatic amines is 1. The van der Waals surface area contributed by atoms with Crippen molar-refractivity contribution in [3.8, 4) is 5.88 Å². The summed E-state index contributed by atoms with van der Waals surface area (Å²) in [6, 6.07) is 7.25. The van der Waals surface area contributed by atoms with Crippen LogP contribution in [0.25, 0.3) is 10.9 Å². The molecule has 0 radical (unpaired) electrons. The third-order valence-electron chi connectivity index (χ3n) is 6.45. The number of piperazine rings is 1. The average molecular weight is 450 g/mol. The highest BCUT2D eigenvalue weighted by Crippen LogP contribution is 2.23. The number of ether oxygens (including phenoxy) is 1. The largest absolute Gasteiger partial charge is 0.481 e. The number of carbonyl (C=O) groups excluding carboxylic acids is 2. The molecule has 33 heavy (non-hydrogen) atoms. The molecule has 10 heteroatoms. The lowest BCUT2D eigenvalue weighted by atomic mass is 9.95. The number of benzene rings is 1. The fraction of sp³-hybridized carbons (Fsp3) is 0.435. The van der Waals surface area contributed by atoms with Crippen molar-refractivity contribution in [1.29, 1.82) is 0 Å². The zero-order valence-electron chi connectivity index (χ0n) is 18.6. The number of methoxy groups -OCH3 is 1. The molecule has 10 nitrogen and oxygen atoms in total. The molecule has 172 valence electrons. The molecular weight excluding hydrogens is 422 g/mol. The predicted octanol–water partition coefficient (Wildman–Crippen LogP) is 1.56. The summed E-state index contributed by atoms with van der Waals surface area (Å²) in [7, 11) is 1.58. The maximum Gasteiger partial charge on any atom is 0.253 e. The van der Waals surface area contributed by atoms with Gasteiger partial charge in [0, 0.05) is 62.5 Å². The topological polar surface area (TPSA) is 108 Å². The Morgan fingerprint density at radius 2 is 1.94 bits per heavy atom. The number of carbonyl (C=O) groups is 2. The molecule has 4 heterocycles. The number of nitrogens with zero attached hydrogens (tertiary/aromatic N) is 6. The minimum absolute atomic E-state index is 0.0319. The number of piperidine rings is 1. The number of nitrogens with one attached hydrogen (secondary N) is 1. The van der Waals surface area contributed by atoms with Crippen LogP contribution in [0, 0.1) is 5.92 Å². The quantitative estimate of drug-likeness (QED) is 0.644. The summed E-state index contributed by atoms with van der Waals surface area (Å²) in [6.07, 6.45) is 5.03. The molecule has 2 fully saturated rings. The molecule has 2 aliphatic rings. The SMILES string of the molecule is COc1ccnc(N2CCN(C(=O)C3CCCN(C(=O)c4ccc5[nH]ncc5c4)C3)CC2)n1. The Hall–Kier alpha value is -3.69. The lowest BCUT2D eigenvalue weighted by Crippen LogP contribution is -2.53. The maximum atomic E-state index is 13.2. The maximum absolute atomic E-state index is 13.2. The molecule has 2 aromatic heterocycles. The van der Waals surface area contributed by atoms with Crippen LogP contribution in [0.5, 0.6) is 5.88 Å². The number of hydrogen-bond acceptors (Lipinski definition) is 7. The first-order valence-corrected chi connectivity index (χ1v) is 11.3. The Labute approximate surface area is 191 Å². The first kappa shape index (κ1) is 21.2. The zero-order chi connectivity index (χ0) is 22.8. The smallest absolute Gasteiger partial charge is 0.253 e. The molecule has 0 spiro atoms. The number of aromatic nitrogens is 4. The monoisotopic (exact) mass is 449 g/mol. The molecule has 0 saturated carbocycles. The molecule has 1 unspecified atom stereocenters. The third-order valence-corrected chi connectivity index (χ3v) is 6.45. The Kier molecular flexibility index (Phi) is 5.80. The van der Waals surface area contributed by atoms with Crippen LogP contribution in [0.1, 0.15) is 23.2 Å². The van der Waals surface area contributed by atoms with Gasteiger partial charge in [-0.3, -0.25) is 14.7 Å². The fourth-order valence-electron chi connectivity index (χ4n) is 4.60. The molecule has 2 amide bonds. The van der Waals surface area contributed by atoms with Crippen molar-refractivity contribution in [1.82, 2.24) is 30.0 Å².